The largest absolute Gasteiger partial charge is 0.416 e. The van der Waals surface area contributed by atoms with Crippen molar-refractivity contribution in [3.05, 3.63) is 51.4 Å². The molecule has 0 unspecified atom stereocenters. The molecule has 2 atom stereocenters. The van der Waals surface area contributed by atoms with Gasteiger partial charge in [0.15, 0.2) is 11.8 Å². The molecule has 2 aliphatic heterocycles. The molecule has 0 spiro atoms. The lowest BCUT2D eigenvalue weighted by molar-refractivity contribution is -0.145. The summed E-state index contributed by atoms with van der Waals surface area (Å²) in [5.41, 5.74) is -2.31. The van der Waals surface area contributed by atoms with Crippen LogP contribution in [0.3, 0.4) is 0 Å². The molecule has 1 aromatic heterocycles. The van der Waals surface area contributed by atoms with Crippen LogP contribution in [0.25, 0.3) is 0 Å². The molecule has 0 bridgehead atoms. The number of carbonyl (C=O) groups excluding carboxylic acids is 1. The Labute approximate surface area is 245 Å². The number of amides is 1. The monoisotopic (exact) mass is 616 g/mol. The second kappa shape index (κ2) is 12.9. The molecule has 230 valence electrons. The molecular weight excluding hydrogens is 584 g/mol. The highest BCUT2D eigenvalue weighted by molar-refractivity contribution is 6.32. The van der Waals surface area contributed by atoms with Crippen molar-refractivity contribution in [3.8, 4) is 0 Å². The van der Waals surface area contributed by atoms with E-state index in [4.69, 9.17) is 25.8 Å². The van der Waals surface area contributed by atoms with Gasteiger partial charge in [-0.3, -0.25) is 9.59 Å². The number of aromatic nitrogens is 2. The van der Waals surface area contributed by atoms with Crippen molar-refractivity contribution < 1.29 is 36.6 Å². The van der Waals surface area contributed by atoms with Crippen molar-refractivity contribution in [2.45, 2.75) is 68.6 Å². The first-order valence-electron chi connectivity index (χ1n) is 14.0. The summed E-state index contributed by atoms with van der Waals surface area (Å²) < 4.78 is 72.0. The van der Waals surface area contributed by atoms with Gasteiger partial charge in [-0.1, -0.05) is 11.6 Å². The molecule has 3 heterocycles. The summed E-state index contributed by atoms with van der Waals surface area (Å²) in [6.45, 7) is 1.08. The number of benzene rings is 1. The number of ether oxygens (including phenoxy) is 3. The zero-order valence-corrected chi connectivity index (χ0v) is 23.6. The lowest BCUT2D eigenvalue weighted by Gasteiger charge is -2.39. The normalized spacial score (nSPS) is 26.9. The quantitative estimate of drug-likeness (QED) is 0.448. The lowest BCUT2D eigenvalue weighted by Crippen LogP contribution is -2.51. The average molecular weight is 617 g/mol. The number of halogens is 5. The van der Waals surface area contributed by atoms with Crippen LogP contribution in [0.5, 0.6) is 0 Å². The van der Waals surface area contributed by atoms with E-state index in [-0.39, 0.29) is 55.1 Å². The highest BCUT2D eigenvalue weighted by Crippen LogP contribution is 2.36. The molecule has 42 heavy (non-hydrogen) atoms. The minimum Gasteiger partial charge on any atom is -0.379 e. The Balaban J connectivity index is 1.29. The first-order valence-corrected chi connectivity index (χ1v) is 14.4. The first-order chi connectivity index (χ1) is 20.1. The number of carbonyl (C=O) groups is 1. The van der Waals surface area contributed by atoms with E-state index < -0.39 is 29.1 Å². The van der Waals surface area contributed by atoms with Crippen LogP contribution >= 0.6 is 11.6 Å². The summed E-state index contributed by atoms with van der Waals surface area (Å²) in [5.74, 6) is -0.388. The van der Waals surface area contributed by atoms with Gasteiger partial charge in [-0.05, 0) is 62.8 Å². The average Bonchev–Trinajstić information content (AvgIpc) is 2.99. The van der Waals surface area contributed by atoms with Gasteiger partial charge in [0.05, 0.1) is 56.5 Å². The Hall–Kier alpha value is -2.74. The van der Waals surface area contributed by atoms with Crippen LogP contribution in [0.4, 0.5) is 28.9 Å². The number of hydrogen-bond acceptors (Lipinski definition) is 7. The molecule has 1 amide bonds. The van der Waals surface area contributed by atoms with Gasteiger partial charge < -0.3 is 24.4 Å². The molecule has 1 saturated carbocycles. The van der Waals surface area contributed by atoms with Gasteiger partial charge in [0.2, 0.25) is 0 Å². The molecule has 1 N–H and O–H groups in total. The number of rotatable bonds is 7. The van der Waals surface area contributed by atoms with E-state index in [1.54, 1.807) is 0 Å². The summed E-state index contributed by atoms with van der Waals surface area (Å²) in [5, 5.41) is 7.10. The standard InChI is InChI=1S/C28H33ClF4N4O5/c29-24-22(34-16-27(30)10-1-11-41-17-27)14-35-37(26(24)39)21-8-6-20(7-9-21)36(25(38)23-15-40-12-13-42-23)19-4-2-18(3-5-19)28(31,32)33/h2-5,14,20-21,23,34H,1,6-13,15-17H2/t20?,21?,23-,27+/m1/s1. The Kier molecular flexibility index (Phi) is 9.41. The third-order valence-electron chi connectivity index (χ3n) is 7.99. The molecule has 0 radical (unpaired) electrons. The number of nitrogens with zero attached hydrogens (tertiary/aromatic N) is 3. The van der Waals surface area contributed by atoms with Gasteiger partial charge in [0, 0.05) is 18.3 Å². The van der Waals surface area contributed by atoms with Crippen LogP contribution in [0, 0.1) is 0 Å². The van der Waals surface area contributed by atoms with E-state index in [2.05, 4.69) is 10.4 Å². The Morgan fingerprint density at radius 1 is 1.12 bits per heavy atom. The molecule has 1 aromatic carbocycles. The number of anilines is 2. The van der Waals surface area contributed by atoms with Crippen LogP contribution in [0.1, 0.15) is 50.1 Å². The molecular formula is C28H33ClF4N4O5. The van der Waals surface area contributed by atoms with Crippen LogP contribution in [0.2, 0.25) is 5.02 Å². The fourth-order valence-electron chi connectivity index (χ4n) is 5.72. The number of nitrogens with one attached hydrogen (secondary N) is 1. The van der Waals surface area contributed by atoms with E-state index in [0.717, 1.165) is 12.1 Å². The Morgan fingerprint density at radius 2 is 1.86 bits per heavy atom. The topological polar surface area (TPSA) is 94.9 Å². The molecule has 2 aromatic rings. The van der Waals surface area contributed by atoms with E-state index >= 15 is 0 Å². The van der Waals surface area contributed by atoms with Crippen molar-refractivity contribution in [2.75, 3.05) is 49.8 Å². The summed E-state index contributed by atoms with van der Waals surface area (Å²) >= 11 is 6.36. The second-order valence-corrected chi connectivity index (χ2v) is 11.3. The van der Waals surface area contributed by atoms with E-state index in [1.807, 2.05) is 0 Å². The SMILES string of the molecule is O=C([C@H]1COCCO1)N(c1ccc(C(F)(F)F)cc1)C1CCC(n2ncc(NC[C@@]3(F)CCCOC3)c(Cl)c2=O)CC1. The van der Waals surface area contributed by atoms with E-state index in [0.29, 0.717) is 57.4 Å². The predicted molar refractivity (Wildman–Crippen MR) is 147 cm³/mol. The Bertz CT molecular complexity index is 1290. The Morgan fingerprint density at radius 3 is 2.48 bits per heavy atom. The number of alkyl halides is 4. The summed E-state index contributed by atoms with van der Waals surface area (Å²) in [4.78, 5) is 28.1. The van der Waals surface area contributed by atoms with Gasteiger partial charge in [0.1, 0.15) is 5.02 Å². The highest BCUT2D eigenvalue weighted by Gasteiger charge is 2.37. The molecule has 2 saturated heterocycles. The predicted octanol–water partition coefficient (Wildman–Crippen LogP) is 4.78. The molecule has 1 aliphatic carbocycles. The van der Waals surface area contributed by atoms with Gasteiger partial charge in [-0.2, -0.15) is 18.3 Å². The zero-order chi connectivity index (χ0) is 29.9. The van der Waals surface area contributed by atoms with Gasteiger partial charge in [0.25, 0.3) is 11.5 Å². The summed E-state index contributed by atoms with van der Waals surface area (Å²) in [7, 11) is 0. The summed E-state index contributed by atoms with van der Waals surface area (Å²) in [6, 6.07) is 3.82. The van der Waals surface area contributed by atoms with Crippen LogP contribution < -0.4 is 15.8 Å². The fourth-order valence-corrected chi connectivity index (χ4v) is 5.92. The minimum absolute atomic E-state index is 0.0305. The van der Waals surface area contributed by atoms with Crippen molar-refractivity contribution in [2.24, 2.45) is 0 Å². The maximum atomic E-state index is 14.9. The van der Waals surface area contributed by atoms with Crippen LogP contribution in [-0.2, 0) is 25.2 Å². The van der Waals surface area contributed by atoms with Crippen molar-refractivity contribution >= 4 is 28.9 Å². The molecule has 3 fully saturated rings. The maximum absolute atomic E-state index is 14.9. The van der Waals surface area contributed by atoms with Crippen LogP contribution in [0.15, 0.2) is 35.3 Å². The third kappa shape index (κ3) is 6.90. The summed E-state index contributed by atoms with van der Waals surface area (Å²) in [6.07, 6.45) is -1.16. The fraction of sp³-hybridized carbons (Fsp3) is 0.607. The van der Waals surface area contributed by atoms with Crippen molar-refractivity contribution in [1.82, 2.24) is 9.78 Å². The van der Waals surface area contributed by atoms with Crippen molar-refractivity contribution in [3.63, 3.8) is 0 Å². The first kappa shape index (κ1) is 30.7. The third-order valence-corrected chi connectivity index (χ3v) is 8.36. The lowest BCUT2D eigenvalue weighted by atomic mass is 9.89. The van der Waals surface area contributed by atoms with Gasteiger partial charge in [-0.25, -0.2) is 9.07 Å². The molecule has 9 nitrogen and oxygen atoms in total. The molecule has 14 heteroatoms. The zero-order valence-electron chi connectivity index (χ0n) is 22.9. The highest BCUT2D eigenvalue weighted by atomic mass is 35.5. The van der Waals surface area contributed by atoms with Gasteiger partial charge >= 0.3 is 6.18 Å². The van der Waals surface area contributed by atoms with E-state index in [9.17, 15) is 27.2 Å². The second-order valence-electron chi connectivity index (χ2n) is 10.9. The number of hydrogen-bond donors (Lipinski definition) is 1. The van der Waals surface area contributed by atoms with E-state index in [1.165, 1.54) is 27.9 Å². The van der Waals surface area contributed by atoms with Crippen molar-refractivity contribution in [1.29, 1.82) is 0 Å². The smallest absolute Gasteiger partial charge is 0.379 e. The molecule has 5 rings (SSSR count). The molecule has 3 aliphatic rings. The maximum Gasteiger partial charge on any atom is 0.416 e. The minimum atomic E-state index is -4.50. The van der Waals surface area contributed by atoms with Gasteiger partial charge in [-0.15, -0.1) is 0 Å². The van der Waals surface area contributed by atoms with Crippen LogP contribution in [-0.4, -0.2) is 73.1 Å².